The van der Waals surface area contributed by atoms with Gasteiger partial charge >= 0.3 is 0 Å². The molecule has 8 heteroatoms. The molecule has 1 saturated heterocycles. The van der Waals surface area contributed by atoms with E-state index in [1.54, 1.807) is 22.2 Å². The number of aromatic nitrogens is 4. The van der Waals surface area contributed by atoms with Gasteiger partial charge in [0.1, 0.15) is 12.1 Å². The molecule has 3 aromatic heterocycles. The second kappa shape index (κ2) is 7.05. The lowest BCUT2D eigenvalue weighted by Crippen LogP contribution is -2.37. The highest BCUT2D eigenvalue weighted by molar-refractivity contribution is 7.13. The molecule has 0 radical (unpaired) electrons. The van der Waals surface area contributed by atoms with E-state index in [1.165, 1.54) is 4.88 Å². The molecule has 0 bridgehead atoms. The molecule has 1 N–H and O–H groups in total. The Morgan fingerprint density at radius 1 is 1.14 bits per heavy atom. The molecule has 28 heavy (non-hydrogen) atoms. The van der Waals surface area contributed by atoms with Gasteiger partial charge in [0.2, 0.25) is 0 Å². The van der Waals surface area contributed by atoms with E-state index in [1.807, 2.05) is 42.5 Å². The average Bonchev–Trinajstić information content (AvgIpc) is 3.48. The van der Waals surface area contributed by atoms with E-state index in [0.717, 1.165) is 36.5 Å². The molecule has 5 rings (SSSR count). The lowest BCUT2D eigenvalue weighted by molar-refractivity contribution is 0.0940. The molecule has 0 unspecified atom stereocenters. The number of anilines is 1. The normalized spacial score (nSPS) is 16.6. The van der Waals surface area contributed by atoms with Crippen molar-refractivity contribution in [3.8, 4) is 10.4 Å². The molecule has 140 valence electrons. The van der Waals surface area contributed by atoms with Gasteiger partial charge in [0.15, 0.2) is 5.65 Å². The molecule has 1 amide bonds. The average molecular weight is 390 g/mol. The number of carbonyl (C=O) groups excluding carboxylic acids is 1. The van der Waals surface area contributed by atoms with Crippen LogP contribution in [0, 0.1) is 0 Å². The van der Waals surface area contributed by atoms with Gasteiger partial charge in [-0.1, -0.05) is 18.2 Å². The number of amides is 1. The molecule has 1 atom stereocenters. The van der Waals surface area contributed by atoms with E-state index in [0.29, 0.717) is 5.56 Å². The first-order valence-corrected chi connectivity index (χ1v) is 10.0. The lowest BCUT2D eigenvalue weighted by Gasteiger charge is -2.17. The van der Waals surface area contributed by atoms with Crippen molar-refractivity contribution in [2.45, 2.75) is 12.5 Å². The van der Waals surface area contributed by atoms with Crippen molar-refractivity contribution in [2.75, 3.05) is 18.0 Å². The molecule has 1 aromatic carbocycles. The molecule has 1 fully saturated rings. The predicted octanol–water partition coefficient (Wildman–Crippen LogP) is 2.86. The Kier molecular flexibility index (Phi) is 4.25. The summed E-state index contributed by atoms with van der Waals surface area (Å²) in [6.45, 7) is 1.59. The Labute approximate surface area is 165 Å². The number of carbonyl (C=O) groups is 1. The summed E-state index contributed by atoms with van der Waals surface area (Å²) in [5, 5.41) is 17.6. The van der Waals surface area contributed by atoms with Gasteiger partial charge in [0, 0.05) is 29.6 Å². The monoisotopic (exact) mass is 390 g/mol. The van der Waals surface area contributed by atoms with Crippen molar-refractivity contribution in [3.05, 3.63) is 65.8 Å². The first-order valence-electron chi connectivity index (χ1n) is 9.13. The highest BCUT2D eigenvalue weighted by atomic mass is 32.1. The third-order valence-corrected chi connectivity index (χ3v) is 5.87. The molecule has 4 aromatic rings. The Hall–Kier alpha value is -3.26. The zero-order valence-corrected chi connectivity index (χ0v) is 15.8. The number of hydrogen-bond acceptors (Lipinski definition) is 6. The summed E-state index contributed by atoms with van der Waals surface area (Å²) in [6.07, 6.45) is 2.48. The second-order valence-electron chi connectivity index (χ2n) is 6.78. The van der Waals surface area contributed by atoms with Crippen molar-refractivity contribution in [1.29, 1.82) is 0 Å². The van der Waals surface area contributed by atoms with Crippen LogP contribution in [0.2, 0.25) is 0 Å². The maximum Gasteiger partial charge on any atom is 0.251 e. The highest BCUT2D eigenvalue weighted by Gasteiger charge is 2.25. The van der Waals surface area contributed by atoms with Crippen LogP contribution in [0.15, 0.2) is 60.2 Å². The van der Waals surface area contributed by atoms with Crippen LogP contribution in [-0.2, 0) is 0 Å². The third-order valence-electron chi connectivity index (χ3n) is 4.95. The summed E-state index contributed by atoms with van der Waals surface area (Å²) in [7, 11) is 0. The van der Waals surface area contributed by atoms with Crippen molar-refractivity contribution in [1.82, 2.24) is 25.1 Å². The lowest BCUT2D eigenvalue weighted by atomic mass is 10.1. The van der Waals surface area contributed by atoms with Gasteiger partial charge in [-0.3, -0.25) is 4.79 Å². The van der Waals surface area contributed by atoms with Crippen molar-refractivity contribution in [3.63, 3.8) is 0 Å². The van der Waals surface area contributed by atoms with Gasteiger partial charge in [0.25, 0.3) is 5.91 Å². The summed E-state index contributed by atoms with van der Waals surface area (Å²) in [5.74, 6) is 0.830. The smallest absolute Gasteiger partial charge is 0.251 e. The summed E-state index contributed by atoms with van der Waals surface area (Å²) < 4.78 is 1.66. The SMILES string of the molecule is O=C(N[C@H]1CCN(c2ccc3nncn3n2)C1)c1ccc(-c2cccs2)cc1. The number of nitrogens with zero attached hydrogens (tertiary/aromatic N) is 5. The Balaban J connectivity index is 1.23. The summed E-state index contributed by atoms with van der Waals surface area (Å²) in [6, 6.07) is 15.8. The zero-order valence-electron chi connectivity index (χ0n) is 15.0. The molecule has 0 saturated carbocycles. The number of nitrogens with one attached hydrogen (secondary N) is 1. The molecule has 0 spiro atoms. The van der Waals surface area contributed by atoms with Crippen LogP contribution >= 0.6 is 11.3 Å². The summed E-state index contributed by atoms with van der Waals surface area (Å²) in [5.41, 5.74) is 2.54. The van der Waals surface area contributed by atoms with Crippen molar-refractivity contribution in [2.24, 2.45) is 0 Å². The number of thiophene rings is 1. The van der Waals surface area contributed by atoms with Gasteiger partial charge in [-0.25, -0.2) is 0 Å². The predicted molar refractivity (Wildman–Crippen MR) is 109 cm³/mol. The highest BCUT2D eigenvalue weighted by Crippen LogP contribution is 2.25. The summed E-state index contributed by atoms with van der Waals surface area (Å²) in [4.78, 5) is 16.0. The van der Waals surface area contributed by atoms with Gasteiger partial charge in [-0.15, -0.1) is 26.6 Å². The van der Waals surface area contributed by atoms with Crippen molar-refractivity contribution >= 4 is 28.7 Å². The number of hydrogen-bond donors (Lipinski definition) is 1. The minimum atomic E-state index is -0.0354. The molecule has 1 aliphatic rings. The first-order chi connectivity index (χ1) is 13.8. The fourth-order valence-corrected chi connectivity index (χ4v) is 4.20. The van der Waals surface area contributed by atoms with Gasteiger partial charge in [0.05, 0.1) is 0 Å². The van der Waals surface area contributed by atoms with Crippen LogP contribution in [-0.4, -0.2) is 44.8 Å². The molecule has 7 nitrogen and oxygen atoms in total. The van der Waals surface area contributed by atoms with E-state index in [-0.39, 0.29) is 11.9 Å². The first kappa shape index (κ1) is 16.9. The van der Waals surface area contributed by atoms with Crippen LogP contribution in [0.1, 0.15) is 16.8 Å². The van der Waals surface area contributed by atoms with Crippen molar-refractivity contribution < 1.29 is 4.79 Å². The number of benzene rings is 1. The van der Waals surface area contributed by atoms with E-state index in [2.05, 4.69) is 37.0 Å². The fourth-order valence-electron chi connectivity index (χ4n) is 3.47. The van der Waals surface area contributed by atoms with Crippen LogP contribution in [0.4, 0.5) is 5.82 Å². The number of rotatable bonds is 4. The van der Waals surface area contributed by atoms with Gasteiger partial charge < -0.3 is 10.2 Å². The maximum atomic E-state index is 12.6. The summed E-state index contributed by atoms with van der Waals surface area (Å²) >= 11 is 1.69. The van der Waals surface area contributed by atoms with E-state index < -0.39 is 0 Å². The number of fused-ring (bicyclic) bond motifs is 1. The molecular formula is C20H18N6OS. The molecule has 1 aliphatic heterocycles. The Morgan fingerprint density at radius 3 is 2.86 bits per heavy atom. The van der Waals surface area contributed by atoms with Crippen LogP contribution in [0.5, 0.6) is 0 Å². The largest absolute Gasteiger partial charge is 0.353 e. The zero-order chi connectivity index (χ0) is 18.9. The van der Waals surface area contributed by atoms with Gasteiger partial charge in [-0.2, -0.15) is 4.52 Å². The Bertz CT molecular complexity index is 1110. The quantitative estimate of drug-likeness (QED) is 0.580. The van der Waals surface area contributed by atoms with Crippen LogP contribution < -0.4 is 10.2 Å². The molecule has 0 aliphatic carbocycles. The van der Waals surface area contributed by atoms with Crippen LogP contribution in [0.3, 0.4) is 0 Å². The maximum absolute atomic E-state index is 12.6. The fraction of sp³-hybridized carbons (Fsp3) is 0.200. The molecular weight excluding hydrogens is 372 g/mol. The van der Waals surface area contributed by atoms with E-state index in [4.69, 9.17) is 0 Å². The second-order valence-corrected chi connectivity index (χ2v) is 7.73. The van der Waals surface area contributed by atoms with Gasteiger partial charge in [-0.05, 0) is 47.7 Å². The Morgan fingerprint density at radius 2 is 2.04 bits per heavy atom. The van der Waals surface area contributed by atoms with E-state index >= 15 is 0 Å². The topological polar surface area (TPSA) is 75.4 Å². The van der Waals surface area contributed by atoms with E-state index in [9.17, 15) is 4.79 Å². The molecule has 4 heterocycles. The minimum absolute atomic E-state index is 0.0354. The standard InChI is InChI=1S/C20H18N6OS/c27-20(15-5-3-14(4-6-15)17-2-1-11-28-17)22-16-9-10-25(12-16)19-8-7-18-23-21-13-26(18)24-19/h1-8,11,13,16H,9-10,12H2,(H,22,27)/t16-/m0/s1. The minimum Gasteiger partial charge on any atom is -0.353 e. The van der Waals surface area contributed by atoms with Crippen LogP contribution in [0.25, 0.3) is 16.1 Å². The third kappa shape index (κ3) is 3.22.